The molecule has 0 atom stereocenters. The van der Waals surface area contributed by atoms with E-state index in [1.54, 1.807) is 7.11 Å². The number of anilines is 1. The summed E-state index contributed by atoms with van der Waals surface area (Å²) >= 11 is 0. The van der Waals surface area contributed by atoms with Gasteiger partial charge in [0.2, 0.25) is 5.91 Å². The summed E-state index contributed by atoms with van der Waals surface area (Å²) in [7, 11) is 1.63. The standard InChI is InChI=1S/C22H30N2O3/c1-3-4-5-6-15-27-21-13-9-19(10-14-21)23-17-22(25)24-16-18-7-11-20(26-2)12-8-18/h7-14,23H,3-6,15-17H2,1-2H3,(H,24,25). The summed E-state index contributed by atoms with van der Waals surface area (Å²) in [5, 5.41) is 6.02. The summed E-state index contributed by atoms with van der Waals surface area (Å²) in [6.07, 6.45) is 4.78. The number of unbranched alkanes of at least 4 members (excludes halogenated alkanes) is 3. The van der Waals surface area contributed by atoms with Crippen LogP contribution >= 0.6 is 0 Å². The van der Waals surface area contributed by atoms with Gasteiger partial charge in [0.15, 0.2) is 0 Å². The van der Waals surface area contributed by atoms with Crippen LogP contribution in [0.5, 0.6) is 11.5 Å². The van der Waals surface area contributed by atoms with E-state index in [-0.39, 0.29) is 12.5 Å². The first-order valence-electron chi connectivity index (χ1n) is 9.57. The first-order valence-corrected chi connectivity index (χ1v) is 9.57. The highest BCUT2D eigenvalue weighted by atomic mass is 16.5. The average Bonchev–Trinajstić information content (AvgIpc) is 2.72. The normalized spacial score (nSPS) is 10.3. The van der Waals surface area contributed by atoms with E-state index in [1.807, 2.05) is 48.5 Å². The molecule has 0 saturated carbocycles. The number of carbonyl (C=O) groups is 1. The highest BCUT2D eigenvalue weighted by Crippen LogP contribution is 2.16. The maximum atomic E-state index is 12.0. The number of rotatable bonds is 12. The van der Waals surface area contributed by atoms with Gasteiger partial charge < -0.3 is 20.1 Å². The lowest BCUT2D eigenvalue weighted by Gasteiger charge is -2.10. The van der Waals surface area contributed by atoms with E-state index in [0.717, 1.165) is 35.8 Å². The largest absolute Gasteiger partial charge is 0.497 e. The molecule has 0 saturated heterocycles. The molecule has 0 aliphatic heterocycles. The van der Waals surface area contributed by atoms with Gasteiger partial charge in [0.1, 0.15) is 11.5 Å². The van der Waals surface area contributed by atoms with E-state index < -0.39 is 0 Å². The predicted molar refractivity (Wildman–Crippen MR) is 109 cm³/mol. The summed E-state index contributed by atoms with van der Waals surface area (Å²) in [4.78, 5) is 12.0. The molecule has 2 N–H and O–H groups in total. The third-order valence-electron chi connectivity index (χ3n) is 4.22. The summed E-state index contributed by atoms with van der Waals surface area (Å²) in [5.74, 6) is 1.61. The fourth-order valence-electron chi connectivity index (χ4n) is 2.58. The van der Waals surface area contributed by atoms with E-state index in [1.165, 1.54) is 19.3 Å². The third-order valence-corrected chi connectivity index (χ3v) is 4.22. The van der Waals surface area contributed by atoms with Gasteiger partial charge in [0.05, 0.1) is 20.3 Å². The van der Waals surface area contributed by atoms with Crippen molar-refractivity contribution >= 4 is 11.6 Å². The van der Waals surface area contributed by atoms with E-state index in [2.05, 4.69) is 17.6 Å². The first kappa shape index (κ1) is 20.6. The van der Waals surface area contributed by atoms with Crippen molar-refractivity contribution < 1.29 is 14.3 Å². The number of hydrogen-bond donors (Lipinski definition) is 2. The molecule has 27 heavy (non-hydrogen) atoms. The van der Waals surface area contributed by atoms with Crippen LogP contribution in [0.1, 0.15) is 38.2 Å². The maximum Gasteiger partial charge on any atom is 0.239 e. The van der Waals surface area contributed by atoms with Crippen LogP contribution in [0.4, 0.5) is 5.69 Å². The molecule has 0 spiro atoms. The average molecular weight is 370 g/mol. The Labute approximate surface area is 162 Å². The predicted octanol–water partition coefficient (Wildman–Crippen LogP) is 4.38. The molecule has 0 aliphatic carbocycles. The van der Waals surface area contributed by atoms with Crippen molar-refractivity contribution in [2.75, 3.05) is 25.6 Å². The molecule has 0 heterocycles. The minimum absolute atomic E-state index is 0.0536. The lowest BCUT2D eigenvalue weighted by molar-refractivity contribution is -0.119. The van der Waals surface area contributed by atoms with Crippen molar-refractivity contribution in [1.29, 1.82) is 0 Å². The summed E-state index contributed by atoms with van der Waals surface area (Å²) in [6.45, 7) is 3.68. The maximum absolute atomic E-state index is 12.0. The Hall–Kier alpha value is -2.69. The zero-order valence-corrected chi connectivity index (χ0v) is 16.3. The van der Waals surface area contributed by atoms with Gasteiger partial charge in [0, 0.05) is 12.2 Å². The molecule has 5 nitrogen and oxygen atoms in total. The van der Waals surface area contributed by atoms with Crippen molar-refractivity contribution in [3.05, 3.63) is 54.1 Å². The Morgan fingerprint density at radius 1 is 0.926 bits per heavy atom. The Morgan fingerprint density at radius 3 is 2.30 bits per heavy atom. The Kier molecular flexibility index (Phi) is 9.04. The molecule has 0 aromatic heterocycles. The Morgan fingerprint density at radius 2 is 1.63 bits per heavy atom. The second-order valence-corrected chi connectivity index (χ2v) is 6.41. The lowest BCUT2D eigenvalue weighted by Crippen LogP contribution is -2.29. The molecular weight excluding hydrogens is 340 g/mol. The number of amides is 1. The molecule has 2 rings (SSSR count). The molecule has 2 aromatic rings. The topological polar surface area (TPSA) is 59.6 Å². The van der Waals surface area contributed by atoms with E-state index in [9.17, 15) is 4.79 Å². The van der Waals surface area contributed by atoms with Crippen molar-refractivity contribution in [2.45, 2.75) is 39.2 Å². The smallest absolute Gasteiger partial charge is 0.239 e. The van der Waals surface area contributed by atoms with Crippen LogP contribution in [0.3, 0.4) is 0 Å². The fraction of sp³-hybridized carbons (Fsp3) is 0.409. The van der Waals surface area contributed by atoms with Crippen LogP contribution in [0.15, 0.2) is 48.5 Å². The van der Waals surface area contributed by atoms with Crippen LogP contribution in [0, 0.1) is 0 Å². The number of benzene rings is 2. The van der Waals surface area contributed by atoms with Gasteiger partial charge in [0.25, 0.3) is 0 Å². The van der Waals surface area contributed by atoms with Gasteiger partial charge in [-0.05, 0) is 48.4 Å². The SMILES string of the molecule is CCCCCCOc1ccc(NCC(=O)NCc2ccc(OC)cc2)cc1. The van der Waals surface area contributed by atoms with Crippen LogP contribution in [0.25, 0.3) is 0 Å². The van der Waals surface area contributed by atoms with Gasteiger partial charge in [-0.15, -0.1) is 0 Å². The van der Waals surface area contributed by atoms with Crippen molar-refractivity contribution in [1.82, 2.24) is 5.32 Å². The highest BCUT2D eigenvalue weighted by molar-refractivity contribution is 5.80. The molecule has 1 amide bonds. The van der Waals surface area contributed by atoms with Gasteiger partial charge in [-0.2, -0.15) is 0 Å². The minimum Gasteiger partial charge on any atom is -0.497 e. The van der Waals surface area contributed by atoms with E-state index >= 15 is 0 Å². The van der Waals surface area contributed by atoms with Gasteiger partial charge in [-0.3, -0.25) is 4.79 Å². The van der Waals surface area contributed by atoms with Gasteiger partial charge >= 0.3 is 0 Å². The Balaban J connectivity index is 1.65. The summed E-state index contributed by atoms with van der Waals surface area (Å²) in [6, 6.07) is 15.4. The number of ether oxygens (including phenoxy) is 2. The van der Waals surface area contributed by atoms with Gasteiger partial charge in [-0.1, -0.05) is 38.3 Å². The Bertz CT molecular complexity index is 669. The molecule has 2 aromatic carbocycles. The second-order valence-electron chi connectivity index (χ2n) is 6.41. The number of carbonyl (C=O) groups excluding carboxylic acids is 1. The highest BCUT2D eigenvalue weighted by Gasteiger charge is 2.02. The minimum atomic E-state index is -0.0536. The lowest BCUT2D eigenvalue weighted by atomic mass is 10.2. The van der Waals surface area contributed by atoms with Gasteiger partial charge in [-0.25, -0.2) is 0 Å². The third kappa shape index (κ3) is 8.03. The molecule has 0 fully saturated rings. The van der Waals surface area contributed by atoms with Crippen molar-refractivity contribution in [3.8, 4) is 11.5 Å². The number of methoxy groups -OCH3 is 1. The monoisotopic (exact) mass is 370 g/mol. The molecule has 0 aliphatic rings. The second kappa shape index (κ2) is 11.8. The fourth-order valence-corrected chi connectivity index (χ4v) is 2.58. The molecular formula is C22H30N2O3. The van der Waals surface area contributed by atoms with Crippen LogP contribution < -0.4 is 20.1 Å². The van der Waals surface area contributed by atoms with Crippen LogP contribution in [0.2, 0.25) is 0 Å². The summed E-state index contributed by atoms with van der Waals surface area (Å²) < 4.78 is 10.8. The molecule has 0 radical (unpaired) electrons. The van der Waals surface area contributed by atoms with Crippen molar-refractivity contribution in [3.63, 3.8) is 0 Å². The van der Waals surface area contributed by atoms with Crippen LogP contribution in [-0.2, 0) is 11.3 Å². The number of hydrogen-bond acceptors (Lipinski definition) is 4. The zero-order chi connectivity index (χ0) is 19.3. The zero-order valence-electron chi connectivity index (χ0n) is 16.3. The van der Waals surface area contributed by atoms with Crippen molar-refractivity contribution in [2.24, 2.45) is 0 Å². The van der Waals surface area contributed by atoms with Crippen LogP contribution in [-0.4, -0.2) is 26.2 Å². The molecule has 5 heteroatoms. The first-order chi connectivity index (χ1) is 13.2. The summed E-state index contributed by atoms with van der Waals surface area (Å²) in [5.41, 5.74) is 1.93. The molecule has 0 bridgehead atoms. The number of nitrogens with one attached hydrogen (secondary N) is 2. The van der Waals surface area contributed by atoms with E-state index in [4.69, 9.17) is 9.47 Å². The molecule has 0 unspecified atom stereocenters. The molecule has 146 valence electrons. The quantitative estimate of drug-likeness (QED) is 0.544. The van der Waals surface area contributed by atoms with E-state index in [0.29, 0.717) is 6.54 Å².